The zero-order valence-corrected chi connectivity index (χ0v) is 37.5. The minimum Gasteiger partial charge on any atom is -0.480 e. The maximum absolute atomic E-state index is 13.9. The highest BCUT2D eigenvalue weighted by Gasteiger charge is 2.43. The molecule has 68 heavy (non-hydrogen) atoms. The van der Waals surface area contributed by atoms with Gasteiger partial charge in [-0.15, -0.1) is 0 Å². The number of likely N-dealkylation sites (tertiary alicyclic amines) is 3. The van der Waals surface area contributed by atoms with Crippen molar-refractivity contribution in [1.82, 2.24) is 36.0 Å². The summed E-state index contributed by atoms with van der Waals surface area (Å²) in [6.07, 6.45) is 2.66. The normalized spacial score (nSPS) is 19.5. The monoisotopic (exact) mass is 948 g/mol. The molecule has 0 spiro atoms. The summed E-state index contributed by atoms with van der Waals surface area (Å²) < 4.78 is 0. The largest absolute Gasteiger partial charge is 0.480 e. The third kappa shape index (κ3) is 13.9. The number of carbonyl (C=O) groups excluding carboxylic acids is 7. The number of benzene rings is 2. The van der Waals surface area contributed by atoms with E-state index in [1.54, 1.807) is 30.3 Å². The second-order valence-electron chi connectivity index (χ2n) is 16.9. The first-order valence-corrected chi connectivity index (χ1v) is 22.5. The average molecular weight is 949 g/mol. The number of non-ortho nitro benzene ring substituents is 1. The number of aliphatic carboxylic acids is 1. The van der Waals surface area contributed by atoms with Gasteiger partial charge in [0.2, 0.25) is 41.4 Å². The Bertz CT molecular complexity index is 2190. The van der Waals surface area contributed by atoms with Crippen LogP contribution < -0.4 is 38.5 Å². The van der Waals surface area contributed by atoms with Gasteiger partial charge in [-0.2, -0.15) is 0 Å². The Morgan fingerprint density at radius 3 is 1.91 bits per heavy atom. The predicted molar refractivity (Wildman–Crippen MR) is 243 cm³/mol. The van der Waals surface area contributed by atoms with Crippen molar-refractivity contribution in [2.75, 3.05) is 39.3 Å². The number of aliphatic hydroxyl groups excluding tert-OH is 1. The standard InChI is InChI=1S/C44H60N12O12/c45-29(10-4-18-48-44(46)47)40(62)55-21-7-13-35(55)42(64)54-20-5-11-33(54)38(60)49-24-36(58)50-30(22-27-14-16-28(17-15-27)56(67)68)37(59)52-32(25-57)41(63)53-19-6-12-34(53)39(61)51-31(43(65)66)23-26-8-2-1-3-9-26/h1-3,8-9,14-17,29-35,57H,4-7,10-13,18-25,45H2,(H,49,60)(H,50,58)(H,51,61)(H,52,59)(H,65,66)(H4,46,47,48)/t29-,30-,31-,32-,33-,34-,35-/m0/s1. The van der Waals surface area contributed by atoms with E-state index in [9.17, 15) is 58.7 Å². The second kappa shape index (κ2) is 24.5. The quantitative estimate of drug-likeness (QED) is 0.0192. The van der Waals surface area contributed by atoms with Crippen LogP contribution in [0.25, 0.3) is 0 Å². The molecular weight excluding hydrogens is 889 g/mol. The Labute approximate surface area is 391 Å². The van der Waals surface area contributed by atoms with E-state index in [2.05, 4.69) is 26.3 Å². The van der Waals surface area contributed by atoms with Crippen LogP contribution in [0.2, 0.25) is 0 Å². The number of nitrogens with one attached hydrogen (secondary N) is 4. The lowest BCUT2D eigenvalue weighted by Crippen LogP contribution is -2.59. The van der Waals surface area contributed by atoms with Gasteiger partial charge in [0.1, 0.15) is 36.3 Å². The molecule has 12 N–H and O–H groups in total. The number of guanidine groups is 1. The van der Waals surface area contributed by atoms with Crippen LogP contribution in [0.5, 0.6) is 0 Å². The zero-order valence-electron chi connectivity index (χ0n) is 37.5. The Hall–Kier alpha value is -7.21. The number of nitrogens with zero attached hydrogens (tertiary/aromatic N) is 5. The van der Waals surface area contributed by atoms with E-state index >= 15 is 0 Å². The molecule has 0 aliphatic carbocycles. The van der Waals surface area contributed by atoms with Crippen molar-refractivity contribution in [3.05, 3.63) is 75.8 Å². The number of nitrogens with two attached hydrogens (primary N) is 3. The first-order chi connectivity index (χ1) is 32.5. The highest BCUT2D eigenvalue weighted by Crippen LogP contribution is 2.26. The third-order valence-electron chi connectivity index (χ3n) is 12.1. The summed E-state index contributed by atoms with van der Waals surface area (Å²) in [5.74, 6) is -6.24. The summed E-state index contributed by atoms with van der Waals surface area (Å²) in [5.41, 5.74) is 17.7. The van der Waals surface area contributed by atoms with Crippen LogP contribution in [-0.2, 0) is 51.2 Å². The van der Waals surface area contributed by atoms with E-state index < -0.39 is 108 Å². The van der Waals surface area contributed by atoms with Gasteiger partial charge in [0.05, 0.1) is 24.1 Å². The van der Waals surface area contributed by atoms with Gasteiger partial charge in [0.15, 0.2) is 5.96 Å². The van der Waals surface area contributed by atoms with E-state index in [0.29, 0.717) is 49.8 Å². The molecule has 24 nitrogen and oxygen atoms in total. The molecule has 3 aliphatic rings. The number of aliphatic imine (C=N–C) groups is 1. The summed E-state index contributed by atoms with van der Waals surface area (Å²) in [7, 11) is 0. The molecule has 0 saturated carbocycles. The SMILES string of the molecule is NC(N)=NCCC[C@H](N)C(=O)N1CCC[C@H]1C(=O)N1CCC[C@H]1C(=O)NCC(=O)N[C@@H](Cc1ccc([N+](=O)[O-])cc1)C(=O)N[C@@H](CO)C(=O)N1CCC[C@H]1C(=O)N[C@@H](Cc1ccccc1)C(=O)O. The maximum atomic E-state index is 13.9. The van der Waals surface area contributed by atoms with Gasteiger partial charge < -0.3 is 63.4 Å². The lowest BCUT2D eigenvalue weighted by Gasteiger charge is -2.32. The van der Waals surface area contributed by atoms with Crippen LogP contribution in [0.1, 0.15) is 62.5 Å². The summed E-state index contributed by atoms with van der Waals surface area (Å²) in [5, 5.41) is 41.4. The minimum atomic E-state index is -1.62. The molecule has 0 bridgehead atoms. The number of carbonyl (C=O) groups is 8. The summed E-state index contributed by atoms with van der Waals surface area (Å²) in [6, 6.07) is 5.55. The van der Waals surface area contributed by atoms with Gasteiger partial charge in [-0.1, -0.05) is 42.5 Å². The van der Waals surface area contributed by atoms with Crippen molar-refractivity contribution < 1.29 is 53.5 Å². The zero-order chi connectivity index (χ0) is 49.5. The van der Waals surface area contributed by atoms with Crippen LogP contribution >= 0.6 is 0 Å². The molecule has 368 valence electrons. The molecular formula is C44H60N12O12. The number of aliphatic hydroxyl groups is 1. The molecule has 2 aromatic carbocycles. The number of rotatable bonds is 22. The topological polar surface area (TPSA) is 368 Å². The Morgan fingerprint density at radius 2 is 1.31 bits per heavy atom. The van der Waals surface area contributed by atoms with Gasteiger partial charge in [0.25, 0.3) is 5.69 Å². The van der Waals surface area contributed by atoms with Crippen LogP contribution in [0.15, 0.2) is 59.6 Å². The van der Waals surface area contributed by atoms with Crippen LogP contribution in [0.4, 0.5) is 5.69 Å². The number of nitro benzene ring substituents is 1. The van der Waals surface area contributed by atoms with Crippen molar-refractivity contribution in [2.24, 2.45) is 22.2 Å². The van der Waals surface area contributed by atoms with Gasteiger partial charge in [0, 0.05) is 51.2 Å². The molecule has 24 heteroatoms. The summed E-state index contributed by atoms with van der Waals surface area (Å²) in [6.45, 7) is -0.699. The fourth-order valence-electron chi connectivity index (χ4n) is 8.65. The number of amides is 7. The lowest BCUT2D eigenvalue weighted by atomic mass is 10.0. The van der Waals surface area contributed by atoms with E-state index in [4.69, 9.17) is 17.2 Å². The first kappa shape index (κ1) is 51.8. The van der Waals surface area contributed by atoms with Crippen molar-refractivity contribution in [3.63, 3.8) is 0 Å². The van der Waals surface area contributed by atoms with E-state index in [-0.39, 0.29) is 63.4 Å². The highest BCUT2D eigenvalue weighted by molar-refractivity contribution is 5.97. The van der Waals surface area contributed by atoms with Crippen molar-refractivity contribution >= 4 is 59.0 Å². The maximum Gasteiger partial charge on any atom is 0.326 e. The van der Waals surface area contributed by atoms with Crippen LogP contribution in [0.3, 0.4) is 0 Å². The molecule has 7 amide bonds. The Balaban J connectivity index is 1.21. The van der Waals surface area contributed by atoms with Crippen LogP contribution in [0, 0.1) is 10.1 Å². The Morgan fingerprint density at radius 1 is 0.735 bits per heavy atom. The molecule has 0 radical (unpaired) electrons. The molecule has 0 unspecified atom stereocenters. The molecule has 3 saturated heterocycles. The first-order valence-electron chi connectivity index (χ1n) is 22.5. The average Bonchev–Trinajstić information content (AvgIpc) is 4.13. The summed E-state index contributed by atoms with van der Waals surface area (Å²) in [4.78, 5) is 126. The molecule has 0 aromatic heterocycles. The predicted octanol–water partition coefficient (Wildman–Crippen LogP) is -2.62. The molecule has 5 rings (SSSR count). The van der Waals surface area contributed by atoms with Gasteiger partial charge in [-0.3, -0.25) is 48.7 Å². The van der Waals surface area contributed by atoms with Crippen LogP contribution in [-0.4, -0.2) is 165 Å². The van der Waals surface area contributed by atoms with Crippen molar-refractivity contribution in [3.8, 4) is 0 Å². The number of hydrogen-bond acceptors (Lipinski definition) is 13. The smallest absolute Gasteiger partial charge is 0.326 e. The summed E-state index contributed by atoms with van der Waals surface area (Å²) >= 11 is 0. The van der Waals surface area contributed by atoms with Gasteiger partial charge in [-0.05, 0) is 62.5 Å². The van der Waals surface area contributed by atoms with Crippen molar-refractivity contribution in [2.45, 2.75) is 107 Å². The van der Waals surface area contributed by atoms with E-state index in [0.717, 1.165) is 4.90 Å². The number of nitro groups is 1. The fraction of sp³-hybridized carbons (Fsp3) is 0.523. The number of carboxylic acid groups (broad SMARTS) is 1. The molecule has 2 aromatic rings. The van der Waals surface area contributed by atoms with E-state index in [1.807, 2.05) is 0 Å². The third-order valence-corrected chi connectivity index (χ3v) is 12.1. The molecule has 3 heterocycles. The molecule has 7 atom stereocenters. The van der Waals surface area contributed by atoms with E-state index in [1.165, 1.54) is 34.1 Å². The molecule has 3 fully saturated rings. The minimum absolute atomic E-state index is 0.0216. The van der Waals surface area contributed by atoms with Gasteiger partial charge >= 0.3 is 5.97 Å². The van der Waals surface area contributed by atoms with Crippen molar-refractivity contribution in [1.29, 1.82) is 0 Å². The number of carboxylic acids is 1. The highest BCUT2D eigenvalue weighted by atomic mass is 16.6. The number of hydrogen-bond donors (Lipinski definition) is 9. The lowest BCUT2D eigenvalue weighted by molar-refractivity contribution is -0.384. The Kier molecular flexibility index (Phi) is 18.7. The van der Waals surface area contributed by atoms with Gasteiger partial charge in [-0.25, -0.2) is 4.79 Å². The molecule has 3 aliphatic heterocycles. The fourth-order valence-corrected chi connectivity index (χ4v) is 8.65. The second-order valence-corrected chi connectivity index (χ2v) is 16.9.